The van der Waals surface area contributed by atoms with Crippen molar-refractivity contribution < 1.29 is 92.6 Å². The highest BCUT2D eigenvalue weighted by Crippen LogP contribution is 2.55. The molecular weight excluding hydrogens is 1040 g/mol. The minimum atomic E-state index is -7.22. The molecule has 376 valence electrons. The van der Waals surface area contributed by atoms with Gasteiger partial charge in [0, 0.05) is 5.56 Å². The number of benzene rings is 8. The minimum absolute atomic E-state index is 0.186. The molecule has 0 aliphatic heterocycles. The van der Waals surface area contributed by atoms with Crippen LogP contribution in [0, 0.1) is 116 Å². The molecule has 8 aromatic rings. The number of rotatable bonds is 10. The van der Waals surface area contributed by atoms with Gasteiger partial charge in [-0.15, -0.1) is 21.9 Å². The van der Waals surface area contributed by atoms with E-state index in [1.807, 2.05) is 48.5 Å². The number of hydrogen-bond acceptors (Lipinski definition) is 1. The van der Waals surface area contributed by atoms with Crippen LogP contribution in [0.4, 0.5) is 87.8 Å². The lowest BCUT2D eigenvalue weighted by atomic mass is 9.12. The van der Waals surface area contributed by atoms with Gasteiger partial charge in [-0.25, -0.2) is 87.8 Å². The summed E-state index contributed by atoms with van der Waals surface area (Å²) in [5, 5.41) is 3.70. The monoisotopic (exact) mass is 1060 g/mol. The molecule has 73 heavy (non-hydrogen) atoms. The third-order valence-electron chi connectivity index (χ3n) is 11.8. The van der Waals surface area contributed by atoms with Crippen molar-refractivity contribution in [2.45, 2.75) is 0 Å². The molecule has 0 radical (unpaired) electrons. The molecule has 0 aliphatic carbocycles. The summed E-state index contributed by atoms with van der Waals surface area (Å²) >= 11 is 0. The van der Waals surface area contributed by atoms with Gasteiger partial charge in [0.2, 0.25) is 5.78 Å². The van der Waals surface area contributed by atoms with E-state index in [1.165, 1.54) is 15.9 Å². The SMILES string of the molecule is Fc1c(F)c(F)c([B-](c2c(F)c(F)c(F)c(F)c2F)(c2c(F)c(F)c(F)c(F)c2F)c2c(F)c(F)c(F)c(F)c2F)c(F)c1F.O=C(C[P+](c1ccccc1)(c1ccccc1)c1ccccc1)c1ccccc1. The van der Waals surface area contributed by atoms with E-state index in [1.54, 1.807) is 0 Å². The Morgan fingerprint density at radius 1 is 0.274 bits per heavy atom. The maximum atomic E-state index is 15.4. The average Bonchev–Trinajstić information content (AvgIpc) is 3.41. The van der Waals surface area contributed by atoms with Crippen LogP contribution in [0.15, 0.2) is 121 Å². The molecule has 0 unspecified atom stereocenters. The molecule has 0 aliphatic rings. The normalized spacial score (nSPS) is 11.7. The van der Waals surface area contributed by atoms with Crippen molar-refractivity contribution in [2.75, 3.05) is 6.16 Å². The fraction of sp³-hybridized carbons (Fsp3) is 0.0200. The highest BCUT2D eigenvalue weighted by molar-refractivity contribution is 7.96. The third kappa shape index (κ3) is 8.57. The molecule has 0 bridgehead atoms. The molecule has 0 spiro atoms. The Morgan fingerprint density at radius 3 is 0.658 bits per heavy atom. The standard InChI is InChI=1S/C26H22OP.C24BF20/c27-26(22-13-5-1-6-14-22)21-28(23-15-7-2-8-16-23,24-17-9-3-10-18-24)25-19-11-4-12-20-25;26-5-1(6(27)14(35)21(42)13(5)34)25(2-7(28)15(36)22(43)16(37)8(2)29,3-9(30)17(38)23(44)18(39)10(3)31)4-11(32)19(40)24(45)20(41)12(4)33/h1-20H,21H2;/q+1;-1. The summed E-state index contributed by atoms with van der Waals surface area (Å²) in [6.45, 7) is 0. The summed E-state index contributed by atoms with van der Waals surface area (Å²) in [7, 11) is -2.12. The Hall–Kier alpha value is -7.48. The van der Waals surface area contributed by atoms with Crippen molar-refractivity contribution in [1.29, 1.82) is 0 Å². The zero-order valence-electron chi connectivity index (χ0n) is 35.7. The van der Waals surface area contributed by atoms with Crippen molar-refractivity contribution in [1.82, 2.24) is 0 Å². The van der Waals surface area contributed by atoms with E-state index in [-0.39, 0.29) is 5.78 Å². The third-order valence-corrected chi connectivity index (χ3v) is 16.1. The molecule has 0 heterocycles. The van der Waals surface area contributed by atoms with Crippen LogP contribution >= 0.6 is 7.26 Å². The second-order valence-electron chi connectivity index (χ2n) is 15.6. The fourth-order valence-corrected chi connectivity index (χ4v) is 12.7. The number of Topliss-reactive ketones (excluding diaryl/α,β-unsaturated/α-hetero) is 1. The average molecular weight is 1060 g/mol. The zero-order chi connectivity index (χ0) is 53.6. The zero-order valence-corrected chi connectivity index (χ0v) is 36.6. The van der Waals surface area contributed by atoms with E-state index >= 15 is 35.1 Å². The lowest BCUT2D eigenvalue weighted by Gasteiger charge is -2.44. The Kier molecular flexibility index (Phi) is 15.0. The number of hydrogen-bond donors (Lipinski definition) is 0. The summed E-state index contributed by atoms with van der Waals surface area (Å²) in [5.41, 5.74) is -13.6. The van der Waals surface area contributed by atoms with Crippen LogP contribution in [0.25, 0.3) is 0 Å². The summed E-state index contributed by atoms with van der Waals surface area (Å²) in [6, 6.07) is 41.2. The first-order valence-corrected chi connectivity index (χ1v) is 22.3. The molecule has 0 saturated heterocycles. The topological polar surface area (TPSA) is 17.1 Å². The van der Waals surface area contributed by atoms with Gasteiger partial charge in [0.15, 0.2) is 69.8 Å². The molecule has 0 amide bonds. The van der Waals surface area contributed by atoms with Gasteiger partial charge < -0.3 is 0 Å². The van der Waals surface area contributed by atoms with Crippen LogP contribution in [0.3, 0.4) is 0 Å². The van der Waals surface area contributed by atoms with Gasteiger partial charge in [-0.3, -0.25) is 4.79 Å². The van der Waals surface area contributed by atoms with Crippen LogP contribution in [-0.4, -0.2) is 18.1 Å². The van der Waals surface area contributed by atoms with E-state index in [9.17, 15) is 57.5 Å². The Balaban J connectivity index is 0.000000237. The molecule has 8 aromatic carbocycles. The number of halogens is 20. The van der Waals surface area contributed by atoms with Gasteiger partial charge in [0.25, 0.3) is 0 Å². The predicted octanol–water partition coefficient (Wildman–Crippen LogP) is 10.7. The van der Waals surface area contributed by atoms with Gasteiger partial charge in [-0.1, -0.05) is 84.9 Å². The van der Waals surface area contributed by atoms with Crippen LogP contribution in [-0.2, 0) is 0 Å². The molecule has 0 atom stereocenters. The van der Waals surface area contributed by atoms with E-state index in [0.29, 0.717) is 6.16 Å². The predicted molar refractivity (Wildman–Crippen MR) is 230 cm³/mol. The van der Waals surface area contributed by atoms with Crippen LogP contribution in [0.2, 0.25) is 0 Å². The van der Waals surface area contributed by atoms with Crippen molar-refractivity contribution >= 4 is 57.0 Å². The van der Waals surface area contributed by atoms with Crippen LogP contribution < -0.4 is 37.8 Å². The first-order chi connectivity index (χ1) is 34.5. The molecule has 0 fully saturated rings. The highest BCUT2D eigenvalue weighted by atomic mass is 31.2. The first kappa shape index (κ1) is 53.3. The molecule has 8 rings (SSSR count). The van der Waals surface area contributed by atoms with Gasteiger partial charge in [-0.2, -0.15) is 0 Å². The Morgan fingerprint density at radius 2 is 0.452 bits per heavy atom. The maximum Gasteiger partial charge on any atom is 0.201 e. The van der Waals surface area contributed by atoms with E-state index in [2.05, 4.69) is 72.8 Å². The Bertz CT molecular complexity index is 2960. The highest BCUT2D eigenvalue weighted by Gasteiger charge is 2.53. The summed E-state index contributed by atoms with van der Waals surface area (Å²) in [6.07, 6.45) is -6.74. The molecule has 1 nitrogen and oxygen atoms in total. The van der Waals surface area contributed by atoms with Crippen LogP contribution in [0.5, 0.6) is 0 Å². The van der Waals surface area contributed by atoms with Crippen molar-refractivity contribution in [3.8, 4) is 0 Å². The van der Waals surface area contributed by atoms with Gasteiger partial charge in [0.1, 0.15) is 82.0 Å². The Labute approximate surface area is 398 Å². The molecule has 0 aromatic heterocycles. The molecule has 0 N–H and O–H groups in total. The number of carbonyl (C=O) groups is 1. The van der Waals surface area contributed by atoms with Crippen molar-refractivity contribution in [2.24, 2.45) is 0 Å². The largest absolute Gasteiger partial charge is 0.290 e. The smallest absolute Gasteiger partial charge is 0.201 e. The van der Waals surface area contributed by atoms with Crippen molar-refractivity contribution in [3.63, 3.8) is 0 Å². The number of carbonyl (C=O) groups excluding carboxylic acids is 1. The van der Waals surface area contributed by atoms with Crippen molar-refractivity contribution in [3.05, 3.63) is 243 Å². The summed E-state index contributed by atoms with van der Waals surface area (Å²) < 4.78 is 294. The van der Waals surface area contributed by atoms with Gasteiger partial charge in [0.05, 0.1) is 0 Å². The second-order valence-corrected chi connectivity index (χ2v) is 19.0. The lowest BCUT2D eigenvalue weighted by molar-refractivity contribution is 0.102. The van der Waals surface area contributed by atoms with Gasteiger partial charge >= 0.3 is 0 Å². The maximum absolute atomic E-state index is 15.4. The number of ketones is 1. The molecular formula is C50H22BF20OP. The first-order valence-electron chi connectivity index (χ1n) is 20.4. The summed E-state index contributed by atoms with van der Waals surface area (Å²) in [5.74, 6) is -71.2. The van der Waals surface area contributed by atoms with E-state index < -0.39 is 152 Å². The summed E-state index contributed by atoms with van der Waals surface area (Å²) in [4.78, 5) is 13.4. The minimum Gasteiger partial charge on any atom is -0.290 e. The van der Waals surface area contributed by atoms with Gasteiger partial charge in [-0.05, 0) is 36.4 Å². The van der Waals surface area contributed by atoms with E-state index in [4.69, 9.17) is 0 Å². The molecule has 0 saturated carbocycles. The quantitative estimate of drug-likeness (QED) is 0.0333. The fourth-order valence-electron chi connectivity index (χ4n) is 8.57. The second kappa shape index (κ2) is 20.6. The van der Waals surface area contributed by atoms with Crippen LogP contribution in [0.1, 0.15) is 10.4 Å². The lowest BCUT2D eigenvalue weighted by Crippen LogP contribution is -2.81. The molecule has 23 heteroatoms. The van der Waals surface area contributed by atoms with E-state index in [0.717, 1.165) is 5.56 Å².